The normalized spacial score (nSPS) is 13.8. The molecule has 1 rings (SSSR count). The molecule has 18 heavy (non-hydrogen) atoms. The molecule has 0 aliphatic heterocycles. The Kier molecular flexibility index (Phi) is 5.59. The molecule has 2 atom stereocenters. The lowest BCUT2D eigenvalue weighted by atomic mass is 10.1. The van der Waals surface area contributed by atoms with Crippen LogP contribution < -0.4 is 10.1 Å². The van der Waals surface area contributed by atoms with Crippen molar-refractivity contribution in [3.8, 4) is 5.75 Å². The van der Waals surface area contributed by atoms with Crippen LogP contribution in [-0.4, -0.2) is 23.9 Å². The van der Waals surface area contributed by atoms with Gasteiger partial charge in [0.25, 0.3) is 5.91 Å². The predicted octanol–water partition coefficient (Wildman–Crippen LogP) is 3.13. The Bertz CT molecular complexity index is 423. The van der Waals surface area contributed by atoms with Crippen molar-refractivity contribution in [1.29, 1.82) is 0 Å². The molecule has 0 saturated carbocycles. The van der Waals surface area contributed by atoms with Crippen molar-refractivity contribution in [3.63, 3.8) is 0 Å². The first-order valence-electron chi connectivity index (χ1n) is 5.73. The molecule has 1 amide bonds. The summed E-state index contributed by atoms with van der Waals surface area (Å²) in [6.45, 7) is 3.87. The van der Waals surface area contributed by atoms with Gasteiger partial charge in [-0.15, -0.1) is 0 Å². The second kappa shape index (κ2) is 6.73. The Hall–Kier alpha value is -1.10. The first kappa shape index (κ1) is 15.0. The summed E-state index contributed by atoms with van der Waals surface area (Å²) in [7, 11) is 1.41. The summed E-state index contributed by atoms with van der Waals surface area (Å²) in [6.07, 6.45) is 0.766. The van der Waals surface area contributed by atoms with E-state index in [1.54, 1.807) is 6.07 Å². The highest BCUT2D eigenvalue weighted by molar-refractivity contribution is 9.09. The number of methoxy groups -OCH3 is 1. The van der Waals surface area contributed by atoms with Crippen LogP contribution in [-0.2, 0) is 0 Å². The second-order valence-corrected chi connectivity index (χ2v) is 5.77. The molecule has 0 aromatic heterocycles. The fourth-order valence-electron chi connectivity index (χ4n) is 1.74. The third kappa shape index (κ3) is 3.98. The van der Waals surface area contributed by atoms with Crippen molar-refractivity contribution in [2.75, 3.05) is 7.11 Å². The monoisotopic (exact) mass is 317 g/mol. The van der Waals surface area contributed by atoms with Crippen molar-refractivity contribution in [1.82, 2.24) is 5.32 Å². The lowest BCUT2D eigenvalue weighted by Crippen LogP contribution is -2.34. The molecule has 3 nitrogen and oxygen atoms in total. The summed E-state index contributed by atoms with van der Waals surface area (Å²) in [5.41, 5.74) is -0.0472. The molecule has 0 fully saturated rings. The molecule has 0 bridgehead atoms. The number of benzene rings is 1. The third-order valence-electron chi connectivity index (χ3n) is 2.48. The lowest BCUT2D eigenvalue weighted by molar-refractivity contribution is 0.0931. The topological polar surface area (TPSA) is 38.3 Å². The molecule has 0 spiro atoms. The van der Waals surface area contributed by atoms with E-state index in [-0.39, 0.29) is 22.2 Å². The van der Waals surface area contributed by atoms with Gasteiger partial charge >= 0.3 is 0 Å². The van der Waals surface area contributed by atoms with Crippen molar-refractivity contribution in [2.45, 2.75) is 31.1 Å². The Morgan fingerprint density at radius 3 is 2.72 bits per heavy atom. The van der Waals surface area contributed by atoms with Crippen LogP contribution in [0.4, 0.5) is 4.39 Å². The van der Waals surface area contributed by atoms with Gasteiger partial charge in [-0.05, 0) is 25.5 Å². The van der Waals surface area contributed by atoms with Gasteiger partial charge < -0.3 is 10.1 Å². The van der Waals surface area contributed by atoms with E-state index in [2.05, 4.69) is 21.2 Å². The molecule has 1 aromatic rings. The number of hydrogen-bond donors (Lipinski definition) is 1. The first-order valence-corrected chi connectivity index (χ1v) is 6.64. The van der Waals surface area contributed by atoms with Crippen molar-refractivity contribution in [2.24, 2.45) is 0 Å². The number of ether oxygens (including phenoxy) is 1. The van der Waals surface area contributed by atoms with Gasteiger partial charge in [0.2, 0.25) is 0 Å². The summed E-state index contributed by atoms with van der Waals surface area (Å²) in [4.78, 5) is 12.3. The summed E-state index contributed by atoms with van der Waals surface area (Å²) >= 11 is 3.41. The third-order valence-corrected chi connectivity index (χ3v) is 2.85. The Morgan fingerprint density at radius 2 is 2.17 bits per heavy atom. The fraction of sp³-hybridized carbons (Fsp3) is 0.462. The van der Waals surface area contributed by atoms with Crippen LogP contribution in [0.1, 0.15) is 30.6 Å². The molecule has 1 aromatic carbocycles. The van der Waals surface area contributed by atoms with Crippen LogP contribution in [0.3, 0.4) is 0 Å². The Balaban J connectivity index is 2.84. The van der Waals surface area contributed by atoms with Crippen molar-refractivity contribution < 1.29 is 13.9 Å². The highest BCUT2D eigenvalue weighted by Crippen LogP contribution is 2.21. The molecule has 100 valence electrons. The summed E-state index contributed by atoms with van der Waals surface area (Å²) in [5, 5.41) is 2.75. The molecular weight excluding hydrogens is 301 g/mol. The molecule has 0 heterocycles. The molecule has 0 saturated heterocycles. The van der Waals surface area contributed by atoms with E-state index in [0.717, 1.165) is 6.42 Å². The van der Waals surface area contributed by atoms with E-state index in [1.165, 1.54) is 19.2 Å². The standard InChI is InChI=1S/C13H17BrFNO2/c1-8(14)7-9(2)16-13(17)12-10(15)5-4-6-11(12)18-3/h4-6,8-9H,7H2,1-3H3,(H,16,17). The number of amides is 1. The zero-order valence-electron chi connectivity index (χ0n) is 10.7. The van der Waals surface area contributed by atoms with E-state index in [4.69, 9.17) is 4.74 Å². The largest absolute Gasteiger partial charge is 0.496 e. The van der Waals surface area contributed by atoms with Gasteiger partial charge in [-0.3, -0.25) is 4.79 Å². The van der Waals surface area contributed by atoms with Gasteiger partial charge in [-0.25, -0.2) is 4.39 Å². The number of halogens is 2. The van der Waals surface area contributed by atoms with Gasteiger partial charge in [0.15, 0.2) is 0 Å². The van der Waals surface area contributed by atoms with Gasteiger partial charge in [0, 0.05) is 10.9 Å². The minimum Gasteiger partial charge on any atom is -0.496 e. The average molecular weight is 318 g/mol. The van der Waals surface area contributed by atoms with Crippen LogP contribution in [0, 0.1) is 5.82 Å². The summed E-state index contributed by atoms with van der Waals surface area (Å²) < 4.78 is 18.7. The van der Waals surface area contributed by atoms with E-state index < -0.39 is 11.7 Å². The van der Waals surface area contributed by atoms with Gasteiger partial charge in [0.1, 0.15) is 17.1 Å². The molecule has 2 unspecified atom stereocenters. The summed E-state index contributed by atoms with van der Waals surface area (Å²) in [5.74, 6) is -0.789. The van der Waals surface area contributed by atoms with Crippen LogP contribution >= 0.6 is 15.9 Å². The maximum atomic E-state index is 13.7. The number of nitrogens with one attached hydrogen (secondary N) is 1. The Morgan fingerprint density at radius 1 is 1.50 bits per heavy atom. The highest BCUT2D eigenvalue weighted by Gasteiger charge is 2.19. The van der Waals surface area contributed by atoms with Gasteiger partial charge in [-0.2, -0.15) is 0 Å². The minimum absolute atomic E-state index is 0.0452. The average Bonchev–Trinajstić information content (AvgIpc) is 2.26. The second-order valence-electron chi connectivity index (χ2n) is 4.21. The number of carbonyl (C=O) groups is 1. The predicted molar refractivity (Wildman–Crippen MR) is 72.9 cm³/mol. The molecule has 5 heteroatoms. The minimum atomic E-state index is -0.578. The van der Waals surface area contributed by atoms with Crippen molar-refractivity contribution in [3.05, 3.63) is 29.6 Å². The Labute approximate surface area is 115 Å². The van der Waals surface area contributed by atoms with Crippen LogP contribution in [0.25, 0.3) is 0 Å². The molecule has 1 N–H and O–H groups in total. The first-order chi connectivity index (χ1) is 8.45. The number of rotatable bonds is 5. The van der Waals surface area contributed by atoms with E-state index >= 15 is 0 Å². The van der Waals surface area contributed by atoms with Crippen LogP contribution in [0.15, 0.2) is 18.2 Å². The zero-order chi connectivity index (χ0) is 13.7. The summed E-state index contributed by atoms with van der Waals surface area (Å²) in [6, 6.07) is 4.27. The van der Waals surface area contributed by atoms with Crippen LogP contribution in [0.5, 0.6) is 5.75 Å². The fourth-order valence-corrected chi connectivity index (χ4v) is 2.30. The van der Waals surface area contributed by atoms with Gasteiger partial charge in [0.05, 0.1) is 7.11 Å². The van der Waals surface area contributed by atoms with E-state index in [1.807, 2.05) is 13.8 Å². The smallest absolute Gasteiger partial charge is 0.258 e. The molecule has 0 aliphatic carbocycles. The zero-order valence-corrected chi connectivity index (χ0v) is 12.3. The number of hydrogen-bond acceptors (Lipinski definition) is 2. The number of carbonyl (C=O) groups excluding carboxylic acids is 1. The quantitative estimate of drug-likeness (QED) is 0.847. The van der Waals surface area contributed by atoms with Crippen molar-refractivity contribution >= 4 is 21.8 Å². The van der Waals surface area contributed by atoms with E-state index in [9.17, 15) is 9.18 Å². The molecule has 0 aliphatic rings. The lowest BCUT2D eigenvalue weighted by Gasteiger charge is -2.16. The molecular formula is C13H17BrFNO2. The maximum absolute atomic E-state index is 13.7. The van der Waals surface area contributed by atoms with Gasteiger partial charge in [-0.1, -0.05) is 28.9 Å². The number of alkyl halides is 1. The SMILES string of the molecule is COc1cccc(F)c1C(=O)NC(C)CC(C)Br. The molecule has 0 radical (unpaired) electrons. The van der Waals surface area contributed by atoms with Crippen LogP contribution in [0.2, 0.25) is 0 Å². The highest BCUT2D eigenvalue weighted by atomic mass is 79.9. The maximum Gasteiger partial charge on any atom is 0.258 e. The van der Waals surface area contributed by atoms with E-state index in [0.29, 0.717) is 0 Å².